The molecule has 6 aromatic rings. The number of aryl methyl sites for hydroxylation is 3. The molecule has 0 saturated carbocycles. The lowest BCUT2D eigenvalue weighted by atomic mass is 9.80. The Morgan fingerprint density at radius 2 is 1.22 bits per heavy atom. The van der Waals surface area contributed by atoms with Crippen molar-refractivity contribution < 1.29 is 0 Å². The molecule has 1 heterocycles. The van der Waals surface area contributed by atoms with Crippen LogP contribution in [-0.4, -0.2) is 0 Å². The molecule has 1 nitrogen and oxygen atoms in total. The lowest BCUT2D eigenvalue weighted by Crippen LogP contribution is -2.29. The molecular weight excluding hydrogens is 803 g/mol. The van der Waals surface area contributed by atoms with Crippen LogP contribution in [0, 0.1) is 26.7 Å². The molecule has 65 heavy (non-hydrogen) atoms. The van der Waals surface area contributed by atoms with Gasteiger partial charge in [-0.05, 0) is 103 Å². The maximum atomic E-state index is 4.48. The Kier molecular flexibility index (Phi) is 23.5. The predicted molar refractivity (Wildman–Crippen MR) is 300 cm³/mol. The summed E-state index contributed by atoms with van der Waals surface area (Å²) in [5, 5.41) is 2.29. The van der Waals surface area contributed by atoms with Crippen LogP contribution in [0.1, 0.15) is 135 Å². The predicted octanol–water partition coefficient (Wildman–Crippen LogP) is 18.7. The summed E-state index contributed by atoms with van der Waals surface area (Å²) in [7, 11) is 0. The maximum absolute atomic E-state index is 4.48. The van der Waals surface area contributed by atoms with Crippen LogP contribution >= 0.6 is 11.3 Å². The number of thiophene rings is 1. The third kappa shape index (κ3) is 13.2. The van der Waals surface area contributed by atoms with Crippen molar-refractivity contribution >= 4 is 57.2 Å². The zero-order valence-corrected chi connectivity index (χ0v) is 43.8. The fourth-order valence-corrected chi connectivity index (χ4v) is 9.01. The van der Waals surface area contributed by atoms with Crippen LogP contribution < -0.4 is 14.7 Å². The SMILES string of the molecule is C=C/C(=c1\c(=C)sc2ccccc12)N(c1ccccc1)c1cc2c(c(C=C)c1C=C)-c1ccc(C)cc1C2(C)C.CC.CC.CC.CC.CC(C)C1=CCCC=C1.Cc1ccc(C)cc1. The Labute approximate surface area is 400 Å². The van der Waals surface area contributed by atoms with Gasteiger partial charge in [0.25, 0.3) is 0 Å². The highest BCUT2D eigenvalue weighted by Crippen LogP contribution is 2.54. The highest BCUT2D eigenvalue weighted by Gasteiger charge is 2.38. The van der Waals surface area contributed by atoms with E-state index in [-0.39, 0.29) is 5.41 Å². The summed E-state index contributed by atoms with van der Waals surface area (Å²) in [4.78, 5) is 2.32. The molecule has 0 spiro atoms. The van der Waals surface area contributed by atoms with Crippen LogP contribution in [-0.2, 0) is 5.41 Å². The fourth-order valence-electron chi connectivity index (χ4n) is 8.00. The second-order valence-corrected chi connectivity index (χ2v) is 17.0. The lowest BCUT2D eigenvalue weighted by molar-refractivity contribution is 0.659. The average molecular weight is 884 g/mol. The third-order valence-electron chi connectivity index (χ3n) is 11.1. The highest BCUT2D eigenvalue weighted by atomic mass is 32.1. The van der Waals surface area contributed by atoms with Crippen molar-refractivity contribution in [2.75, 3.05) is 4.90 Å². The van der Waals surface area contributed by atoms with Crippen LogP contribution in [0.5, 0.6) is 0 Å². The van der Waals surface area contributed by atoms with Crippen molar-refractivity contribution in [2.45, 2.75) is 122 Å². The zero-order valence-electron chi connectivity index (χ0n) is 43.0. The normalized spacial score (nSPS) is 12.6. The van der Waals surface area contributed by atoms with E-state index < -0.39 is 0 Å². The van der Waals surface area contributed by atoms with E-state index in [9.17, 15) is 0 Å². The monoisotopic (exact) mass is 884 g/mol. The molecule has 2 heteroatoms. The van der Waals surface area contributed by atoms with E-state index in [1.807, 2.05) is 73.6 Å². The second-order valence-electron chi connectivity index (χ2n) is 15.9. The first-order valence-corrected chi connectivity index (χ1v) is 24.9. The third-order valence-corrected chi connectivity index (χ3v) is 12.1. The number of para-hydroxylation sites is 1. The minimum Gasteiger partial charge on any atom is -0.309 e. The molecule has 5 aromatic carbocycles. The van der Waals surface area contributed by atoms with E-state index in [4.69, 9.17) is 0 Å². The summed E-state index contributed by atoms with van der Waals surface area (Å²) < 4.78 is 2.23. The number of hydrogen-bond donors (Lipinski definition) is 0. The van der Waals surface area contributed by atoms with Gasteiger partial charge >= 0.3 is 0 Å². The van der Waals surface area contributed by atoms with Crippen molar-refractivity contribution in [2.24, 2.45) is 5.92 Å². The smallest absolute Gasteiger partial charge is 0.0548 e. The Bertz CT molecular complexity index is 2590. The van der Waals surface area contributed by atoms with Gasteiger partial charge in [-0.15, -0.1) is 11.3 Å². The van der Waals surface area contributed by atoms with E-state index in [0.29, 0.717) is 5.92 Å². The van der Waals surface area contributed by atoms with Crippen molar-refractivity contribution in [1.29, 1.82) is 0 Å². The summed E-state index contributed by atoms with van der Waals surface area (Å²) in [6.45, 7) is 48.9. The van der Waals surface area contributed by atoms with Crippen molar-refractivity contribution in [1.82, 2.24) is 0 Å². The number of hydrogen-bond acceptors (Lipinski definition) is 2. The van der Waals surface area contributed by atoms with Crippen LogP contribution in [0.15, 0.2) is 153 Å². The van der Waals surface area contributed by atoms with Gasteiger partial charge in [-0.3, -0.25) is 0 Å². The molecule has 0 aliphatic heterocycles. The number of anilines is 2. The summed E-state index contributed by atoms with van der Waals surface area (Å²) in [5.74, 6) is 0.710. The Hall–Kier alpha value is -5.70. The van der Waals surface area contributed by atoms with E-state index in [1.165, 1.54) is 67.4 Å². The molecule has 0 N–H and O–H groups in total. The standard InChI is InChI=1S/C38H33NS.C9H14.C8H10.4C2H6/c1-8-27-28(9-2)37-29-21-20-24(4)22-31(29)38(6,7)32(37)23-34(27)39(26-16-12-11-13-17-26)33(10-3)36-25(5)40-35-19-15-14-18-30(35)36;1-8(2)9-6-4-3-5-7-9;1-7-3-5-8(2)6-4-7;4*1-2/h8-23H,1-3,5H2,4,6-7H3;4,6-8H,3,5H2,1-2H3;3-6H,1-2H3;4*1-2H3/b36-33-;;;;;;. The molecule has 0 atom stereocenters. The van der Waals surface area contributed by atoms with E-state index in [1.54, 1.807) is 11.3 Å². The average Bonchev–Trinajstić information content (AvgIpc) is 3.80. The van der Waals surface area contributed by atoms with Gasteiger partial charge in [0.1, 0.15) is 0 Å². The van der Waals surface area contributed by atoms with Crippen molar-refractivity contribution in [3.63, 3.8) is 0 Å². The zero-order chi connectivity index (χ0) is 48.9. The van der Waals surface area contributed by atoms with Crippen LogP contribution in [0.3, 0.4) is 0 Å². The van der Waals surface area contributed by atoms with Crippen LogP contribution in [0.4, 0.5) is 11.4 Å². The maximum Gasteiger partial charge on any atom is 0.0548 e. The van der Waals surface area contributed by atoms with Gasteiger partial charge in [0, 0.05) is 36.5 Å². The molecule has 0 amide bonds. The molecular formula is C63H81NS. The number of benzene rings is 5. The number of fused-ring (bicyclic) bond motifs is 4. The summed E-state index contributed by atoms with van der Waals surface area (Å²) in [6, 6.07) is 36.7. The van der Waals surface area contributed by atoms with Gasteiger partial charge in [0.2, 0.25) is 0 Å². The molecule has 0 radical (unpaired) electrons. The van der Waals surface area contributed by atoms with Crippen LogP contribution in [0.2, 0.25) is 0 Å². The Balaban J connectivity index is 0.000000476. The van der Waals surface area contributed by atoms with Gasteiger partial charge in [0.05, 0.1) is 11.4 Å². The largest absolute Gasteiger partial charge is 0.309 e. The summed E-state index contributed by atoms with van der Waals surface area (Å²) >= 11 is 1.72. The van der Waals surface area contributed by atoms with Crippen molar-refractivity contribution in [3.05, 3.63) is 201 Å². The summed E-state index contributed by atoms with van der Waals surface area (Å²) in [6.07, 6.45) is 15.2. The van der Waals surface area contributed by atoms with Gasteiger partial charge in [-0.2, -0.15) is 0 Å². The first-order chi connectivity index (χ1) is 31.4. The van der Waals surface area contributed by atoms with Gasteiger partial charge in [-0.1, -0.05) is 235 Å². The molecule has 8 rings (SSSR count). The van der Waals surface area contributed by atoms with E-state index in [2.05, 4.69) is 201 Å². The number of allylic oxidation sites excluding steroid dienone is 4. The first-order valence-electron chi connectivity index (χ1n) is 24.1. The quantitative estimate of drug-likeness (QED) is 0.154. The van der Waals surface area contributed by atoms with E-state index in [0.717, 1.165) is 37.9 Å². The van der Waals surface area contributed by atoms with Gasteiger partial charge < -0.3 is 4.90 Å². The molecule has 2 aliphatic carbocycles. The Morgan fingerprint density at radius 1 is 0.662 bits per heavy atom. The second kappa shape index (κ2) is 27.6. The first kappa shape index (κ1) is 55.4. The highest BCUT2D eigenvalue weighted by molar-refractivity contribution is 7.17. The lowest BCUT2D eigenvalue weighted by Gasteiger charge is -2.31. The molecule has 0 bridgehead atoms. The molecule has 0 unspecified atom stereocenters. The minimum atomic E-state index is -0.174. The van der Waals surface area contributed by atoms with Crippen LogP contribution in [0.25, 0.3) is 45.6 Å². The molecule has 344 valence electrons. The molecule has 1 aromatic heterocycles. The number of rotatable bonds is 7. The molecule has 0 saturated heterocycles. The Morgan fingerprint density at radius 3 is 1.72 bits per heavy atom. The molecule has 0 fully saturated rings. The topological polar surface area (TPSA) is 3.24 Å². The fraction of sp³-hybridized carbons (Fsp3) is 0.302. The number of nitrogens with zero attached hydrogens (tertiary/aromatic N) is 1. The minimum absolute atomic E-state index is 0.174. The van der Waals surface area contributed by atoms with E-state index >= 15 is 0 Å². The van der Waals surface area contributed by atoms with Gasteiger partial charge in [-0.25, -0.2) is 0 Å². The molecule has 2 aliphatic rings. The van der Waals surface area contributed by atoms with Gasteiger partial charge in [0.15, 0.2) is 0 Å². The van der Waals surface area contributed by atoms with Crippen molar-refractivity contribution in [3.8, 4) is 11.1 Å². The summed E-state index contributed by atoms with van der Waals surface area (Å²) in [5.41, 5.74) is 15.7.